The van der Waals surface area contributed by atoms with E-state index in [9.17, 15) is 19.5 Å². The quantitative estimate of drug-likeness (QED) is 0.103. The van der Waals surface area contributed by atoms with E-state index in [2.05, 4.69) is 29.7 Å². The fraction of sp³-hybridized carbons (Fsp3) is 0.593. The van der Waals surface area contributed by atoms with Gasteiger partial charge >= 0.3 is 0 Å². The number of phenols is 1. The van der Waals surface area contributed by atoms with Crippen LogP contribution in [-0.4, -0.2) is 22.8 Å². The molecule has 1 aromatic rings. The summed E-state index contributed by atoms with van der Waals surface area (Å²) in [6.07, 6.45) is 20.0. The predicted molar refractivity (Wildman–Crippen MR) is 134 cm³/mol. The fourth-order valence-electron chi connectivity index (χ4n) is 3.51. The standard InChI is InChI=1S/C27H42N2O4/c1-2-3-4-5-6-7-8-9-10-11-12-13-14-15-16-17-25(31)29-27(33)22-26(32)28-23-18-20-24(30)21-19-23/h9-10,18-21,30H,2-8,11-17,22H2,1H3,(H,28,32)(H,29,31,33). The first-order chi connectivity index (χ1) is 16.0. The predicted octanol–water partition coefficient (Wildman–Crippen LogP) is 6.40. The first-order valence-corrected chi connectivity index (χ1v) is 12.6. The summed E-state index contributed by atoms with van der Waals surface area (Å²) >= 11 is 0. The molecule has 0 aliphatic carbocycles. The van der Waals surface area contributed by atoms with Gasteiger partial charge in [0.2, 0.25) is 17.7 Å². The average molecular weight is 459 g/mol. The number of phenolic OH excluding ortho intramolecular Hbond substituents is 1. The van der Waals surface area contributed by atoms with Crippen molar-refractivity contribution in [2.75, 3.05) is 5.32 Å². The Balaban J connectivity index is 1.95. The molecular formula is C27H42N2O4. The molecule has 0 saturated carbocycles. The summed E-state index contributed by atoms with van der Waals surface area (Å²) in [5.41, 5.74) is 0.477. The van der Waals surface area contributed by atoms with Gasteiger partial charge in [-0.2, -0.15) is 0 Å². The van der Waals surface area contributed by atoms with Gasteiger partial charge in [-0.1, -0.05) is 70.4 Å². The molecule has 184 valence electrons. The van der Waals surface area contributed by atoms with Crippen LogP contribution in [0.1, 0.15) is 103 Å². The Kier molecular flexibility index (Phi) is 16.3. The summed E-state index contributed by atoms with van der Waals surface area (Å²) in [5, 5.41) is 14.0. The summed E-state index contributed by atoms with van der Waals surface area (Å²) in [6.45, 7) is 2.25. The number of benzene rings is 1. The molecular weight excluding hydrogens is 416 g/mol. The van der Waals surface area contributed by atoms with Crippen molar-refractivity contribution in [3.05, 3.63) is 36.4 Å². The Labute approximate surface area is 199 Å². The van der Waals surface area contributed by atoms with Crippen molar-refractivity contribution in [1.82, 2.24) is 5.32 Å². The topological polar surface area (TPSA) is 95.5 Å². The normalized spacial score (nSPS) is 10.9. The van der Waals surface area contributed by atoms with Gasteiger partial charge in [0.1, 0.15) is 12.2 Å². The van der Waals surface area contributed by atoms with Crippen molar-refractivity contribution in [1.29, 1.82) is 0 Å². The molecule has 6 heteroatoms. The maximum Gasteiger partial charge on any atom is 0.235 e. The summed E-state index contributed by atoms with van der Waals surface area (Å²) in [6, 6.07) is 5.94. The lowest BCUT2D eigenvalue weighted by Gasteiger charge is -2.06. The number of carbonyl (C=O) groups is 3. The van der Waals surface area contributed by atoms with E-state index in [-0.39, 0.29) is 11.7 Å². The molecule has 0 bridgehead atoms. The van der Waals surface area contributed by atoms with Gasteiger partial charge in [-0.05, 0) is 56.4 Å². The molecule has 0 unspecified atom stereocenters. The Morgan fingerprint density at radius 2 is 1.27 bits per heavy atom. The molecule has 1 rings (SSSR count). The van der Waals surface area contributed by atoms with E-state index in [0.717, 1.165) is 32.1 Å². The van der Waals surface area contributed by atoms with E-state index < -0.39 is 18.2 Å². The van der Waals surface area contributed by atoms with Gasteiger partial charge < -0.3 is 10.4 Å². The highest BCUT2D eigenvalue weighted by atomic mass is 16.3. The van der Waals surface area contributed by atoms with Crippen LogP contribution in [0.5, 0.6) is 5.75 Å². The minimum absolute atomic E-state index is 0.0898. The maximum atomic E-state index is 11.9. The van der Waals surface area contributed by atoms with Crippen LogP contribution in [0.15, 0.2) is 36.4 Å². The van der Waals surface area contributed by atoms with E-state index in [1.807, 2.05) is 0 Å². The lowest BCUT2D eigenvalue weighted by Crippen LogP contribution is -2.33. The van der Waals surface area contributed by atoms with Crippen molar-refractivity contribution in [2.24, 2.45) is 0 Å². The molecule has 0 atom stereocenters. The second-order valence-corrected chi connectivity index (χ2v) is 8.58. The van der Waals surface area contributed by atoms with E-state index in [1.54, 1.807) is 0 Å². The van der Waals surface area contributed by atoms with Crippen LogP contribution >= 0.6 is 0 Å². The number of hydrogen-bond acceptors (Lipinski definition) is 4. The molecule has 0 fully saturated rings. The molecule has 0 heterocycles. The Hall–Kier alpha value is -2.63. The second-order valence-electron chi connectivity index (χ2n) is 8.58. The van der Waals surface area contributed by atoms with Crippen molar-refractivity contribution in [2.45, 2.75) is 103 Å². The number of imide groups is 1. The average Bonchev–Trinajstić information content (AvgIpc) is 2.77. The minimum atomic E-state index is -0.607. The Morgan fingerprint density at radius 3 is 1.88 bits per heavy atom. The van der Waals surface area contributed by atoms with Crippen molar-refractivity contribution in [3.8, 4) is 5.75 Å². The van der Waals surface area contributed by atoms with Crippen molar-refractivity contribution < 1.29 is 19.5 Å². The number of hydrogen-bond donors (Lipinski definition) is 3. The SMILES string of the molecule is CCCCCCCCC=CCCCCCCCC(=O)NC(=O)CC(=O)Nc1ccc(O)cc1. The van der Waals surface area contributed by atoms with E-state index in [0.29, 0.717) is 12.1 Å². The van der Waals surface area contributed by atoms with E-state index in [1.165, 1.54) is 75.6 Å². The first kappa shape index (κ1) is 28.4. The lowest BCUT2D eigenvalue weighted by atomic mass is 10.1. The van der Waals surface area contributed by atoms with Crippen LogP contribution < -0.4 is 10.6 Å². The molecule has 0 aromatic heterocycles. The van der Waals surface area contributed by atoms with Crippen molar-refractivity contribution in [3.63, 3.8) is 0 Å². The third-order valence-corrected chi connectivity index (χ3v) is 5.42. The third kappa shape index (κ3) is 16.6. The number of aromatic hydroxyl groups is 1. The van der Waals surface area contributed by atoms with E-state index >= 15 is 0 Å². The van der Waals surface area contributed by atoms with Gasteiger partial charge in [0, 0.05) is 12.1 Å². The molecule has 0 spiro atoms. The van der Waals surface area contributed by atoms with Gasteiger partial charge in [0.25, 0.3) is 0 Å². The van der Waals surface area contributed by atoms with Gasteiger partial charge in [0.05, 0.1) is 0 Å². The van der Waals surface area contributed by atoms with Gasteiger partial charge in [0.15, 0.2) is 0 Å². The summed E-state index contributed by atoms with van der Waals surface area (Å²) < 4.78 is 0. The smallest absolute Gasteiger partial charge is 0.235 e. The zero-order valence-electron chi connectivity index (χ0n) is 20.2. The number of anilines is 1. The lowest BCUT2D eigenvalue weighted by molar-refractivity contribution is -0.132. The summed E-state index contributed by atoms with van der Waals surface area (Å²) in [5.74, 6) is -1.36. The highest BCUT2D eigenvalue weighted by Crippen LogP contribution is 2.14. The van der Waals surface area contributed by atoms with Crippen LogP contribution in [0.2, 0.25) is 0 Å². The Morgan fingerprint density at radius 1 is 0.727 bits per heavy atom. The fourth-order valence-corrected chi connectivity index (χ4v) is 3.51. The summed E-state index contributed by atoms with van der Waals surface area (Å²) in [7, 11) is 0. The van der Waals surface area contributed by atoms with Crippen LogP contribution in [0, 0.1) is 0 Å². The van der Waals surface area contributed by atoms with Gasteiger partial charge in [-0.3, -0.25) is 19.7 Å². The monoisotopic (exact) mass is 458 g/mol. The highest BCUT2D eigenvalue weighted by Gasteiger charge is 2.12. The van der Waals surface area contributed by atoms with Crippen LogP contribution in [0.4, 0.5) is 5.69 Å². The number of rotatable bonds is 18. The molecule has 1 aromatic carbocycles. The van der Waals surface area contributed by atoms with Gasteiger partial charge in [-0.25, -0.2) is 0 Å². The van der Waals surface area contributed by atoms with Gasteiger partial charge in [-0.15, -0.1) is 0 Å². The first-order valence-electron chi connectivity index (χ1n) is 12.6. The number of nitrogens with one attached hydrogen (secondary N) is 2. The molecule has 0 aliphatic rings. The Bertz CT molecular complexity index is 713. The zero-order chi connectivity index (χ0) is 24.2. The second kappa shape index (κ2) is 18.9. The minimum Gasteiger partial charge on any atom is -0.508 e. The van der Waals surface area contributed by atoms with Crippen LogP contribution in [0.25, 0.3) is 0 Å². The summed E-state index contributed by atoms with van der Waals surface area (Å²) in [4.78, 5) is 35.5. The van der Waals surface area contributed by atoms with E-state index in [4.69, 9.17) is 0 Å². The number of allylic oxidation sites excluding steroid dienone is 2. The number of amides is 3. The number of carbonyl (C=O) groups excluding carboxylic acids is 3. The zero-order valence-corrected chi connectivity index (χ0v) is 20.2. The van der Waals surface area contributed by atoms with Crippen molar-refractivity contribution >= 4 is 23.4 Å². The highest BCUT2D eigenvalue weighted by molar-refractivity contribution is 6.07. The largest absolute Gasteiger partial charge is 0.508 e. The molecule has 3 N–H and O–H groups in total. The third-order valence-electron chi connectivity index (χ3n) is 5.42. The molecule has 0 aliphatic heterocycles. The number of unbranched alkanes of at least 4 members (excludes halogenated alkanes) is 11. The molecule has 3 amide bonds. The molecule has 0 radical (unpaired) electrons. The molecule has 0 saturated heterocycles. The molecule has 33 heavy (non-hydrogen) atoms. The maximum absolute atomic E-state index is 11.9. The van der Waals surface area contributed by atoms with Crippen LogP contribution in [-0.2, 0) is 14.4 Å². The van der Waals surface area contributed by atoms with Crippen LogP contribution in [0.3, 0.4) is 0 Å². The molecule has 6 nitrogen and oxygen atoms in total.